The van der Waals surface area contributed by atoms with Gasteiger partial charge in [0.05, 0.1) is 14.2 Å². The zero-order chi connectivity index (χ0) is 17.4. The molecular weight excluding hydrogens is 298 g/mol. The van der Waals surface area contributed by atoms with Gasteiger partial charge in [0.2, 0.25) is 5.91 Å². The molecule has 128 valence electrons. The van der Waals surface area contributed by atoms with Gasteiger partial charge in [0.25, 0.3) is 0 Å². The summed E-state index contributed by atoms with van der Waals surface area (Å²) >= 11 is 0. The molecule has 1 amide bonds. The van der Waals surface area contributed by atoms with Crippen molar-refractivity contribution in [3.63, 3.8) is 0 Å². The summed E-state index contributed by atoms with van der Waals surface area (Å²) in [6.07, 6.45) is 1.31. The van der Waals surface area contributed by atoms with Gasteiger partial charge in [-0.25, -0.2) is 4.79 Å². The van der Waals surface area contributed by atoms with Crippen molar-refractivity contribution in [3.8, 4) is 11.5 Å². The van der Waals surface area contributed by atoms with Crippen molar-refractivity contribution < 1.29 is 24.2 Å². The predicted octanol–water partition coefficient (Wildman–Crippen LogP) is 2.25. The highest BCUT2D eigenvalue weighted by Crippen LogP contribution is 2.25. The van der Waals surface area contributed by atoms with Gasteiger partial charge < -0.3 is 19.9 Å². The minimum absolute atomic E-state index is 0.122. The second kappa shape index (κ2) is 9.02. The Kier molecular flexibility index (Phi) is 7.38. The number of carboxylic acid groups (broad SMARTS) is 1. The van der Waals surface area contributed by atoms with Crippen LogP contribution in [0.25, 0.3) is 0 Å². The molecule has 0 heterocycles. The van der Waals surface area contributed by atoms with E-state index in [0.29, 0.717) is 24.3 Å². The molecule has 1 aromatic rings. The van der Waals surface area contributed by atoms with Crippen LogP contribution in [0.2, 0.25) is 0 Å². The molecular formula is C17H25NO5. The van der Waals surface area contributed by atoms with Gasteiger partial charge in [-0.15, -0.1) is 0 Å². The van der Waals surface area contributed by atoms with Crippen LogP contribution in [0.5, 0.6) is 11.5 Å². The molecule has 0 aliphatic heterocycles. The van der Waals surface area contributed by atoms with Gasteiger partial charge in [-0.05, 0) is 36.1 Å². The summed E-state index contributed by atoms with van der Waals surface area (Å²) in [6.45, 7) is 3.71. The molecule has 0 unspecified atom stereocenters. The van der Waals surface area contributed by atoms with Gasteiger partial charge in [0.1, 0.15) is 17.5 Å². The topological polar surface area (TPSA) is 84.9 Å². The van der Waals surface area contributed by atoms with Crippen molar-refractivity contribution in [2.75, 3.05) is 14.2 Å². The number of hydrogen-bond donors (Lipinski definition) is 2. The Bertz CT molecular complexity index is 544. The molecule has 0 saturated heterocycles. The van der Waals surface area contributed by atoms with E-state index in [2.05, 4.69) is 5.32 Å². The van der Waals surface area contributed by atoms with Gasteiger partial charge >= 0.3 is 5.97 Å². The zero-order valence-corrected chi connectivity index (χ0v) is 14.1. The van der Waals surface area contributed by atoms with Crippen molar-refractivity contribution in [1.29, 1.82) is 0 Å². The van der Waals surface area contributed by atoms with Gasteiger partial charge in [-0.3, -0.25) is 4.79 Å². The summed E-state index contributed by atoms with van der Waals surface area (Å²) in [4.78, 5) is 23.3. The van der Waals surface area contributed by atoms with E-state index in [1.54, 1.807) is 26.4 Å². The first-order chi connectivity index (χ1) is 10.9. The fraction of sp³-hybridized carbons (Fsp3) is 0.529. The van der Waals surface area contributed by atoms with Gasteiger partial charge in [-0.2, -0.15) is 0 Å². The van der Waals surface area contributed by atoms with Crippen LogP contribution >= 0.6 is 0 Å². The highest BCUT2D eigenvalue weighted by molar-refractivity contribution is 5.83. The van der Waals surface area contributed by atoms with E-state index in [1.807, 2.05) is 19.9 Å². The zero-order valence-electron chi connectivity index (χ0n) is 14.1. The highest BCUT2D eigenvalue weighted by atomic mass is 16.5. The normalized spacial score (nSPS) is 13.0. The van der Waals surface area contributed by atoms with Crippen LogP contribution in [0.4, 0.5) is 0 Å². The molecule has 6 heteroatoms. The maximum Gasteiger partial charge on any atom is 0.326 e. The monoisotopic (exact) mass is 323 g/mol. The molecule has 2 atom stereocenters. The van der Waals surface area contributed by atoms with Gasteiger partial charge in [-0.1, -0.05) is 20.3 Å². The number of aryl methyl sites for hydroxylation is 1. The minimum atomic E-state index is -1.01. The number of benzene rings is 1. The molecule has 1 aromatic carbocycles. The lowest BCUT2D eigenvalue weighted by molar-refractivity contribution is -0.143. The highest BCUT2D eigenvalue weighted by Gasteiger charge is 2.25. The Morgan fingerprint density at radius 1 is 1.26 bits per heavy atom. The largest absolute Gasteiger partial charge is 0.497 e. The molecule has 0 aromatic heterocycles. The van der Waals surface area contributed by atoms with Gasteiger partial charge in [0.15, 0.2) is 0 Å². The molecule has 0 spiro atoms. The van der Waals surface area contributed by atoms with Crippen molar-refractivity contribution in [2.45, 2.75) is 39.2 Å². The number of carbonyl (C=O) groups excluding carboxylic acids is 1. The molecule has 0 aliphatic carbocycles. The van der Waals surface area contributed by atoms with E-state index in [9.17, 15) is 14.7 Å². The first kappa shape index (κ1) is 18.8. The molecule has 1 rings (SSSR count). The molecule has 0 radical (unpaired) electrons. The molecule has 0 fully saturated rings. The van der Waals surface area contributed by atoms with Crippen LogP contribution in [0, 0.1) is 5.92 Å². The standard InChI is InChI=1S/C17H25NO5/c1-5-11(2)16(17(20)21)18-15(19)9-6-12-10-13(22-3)7-8-14(12)23-4/h7-8,10-11,16H,5-6,9H2,1-4H3,(H,18,19)(H,20,21)/t11-,16-/m0/s1. The van der Waals surface area contributed by atoms with Crippen LogP contribution in [0.15, 0.2) is 18.2 Å². The average molecular weight is 323 g/mol. The second-order valence-corrected chi connectivity index (χ2v) is 5.45. The lowest BCUT2D eigenvalue weighted by Crippen LogP contribution is -2.45. The van der Waals surface area contributed by atoms with E-state index < -0.39 is 12.0 Å². The summed E-state index contributed by atoms with van der Waals surface area (Å²) in [5.41, 5.74) is 0.845. The number of hydrogen-bond acceptors (Lipinski definition) is 4. The minimum Gasteiger partial charge on any atom is -0.497 e. The van der Waals surface area contributed by atoms with Crippen LogP contribution in [-0.4, -0.2) is 37.2 Å². The number of ether oxygens (including phenoxy) is 2. The Morgan fingerprint density at radius 2 is 1.96 bits per heavy atom. The lowest BCUT2D eigenvalue weighted by Gasteiger charge is -2.20. The van der Waals surface area contributed by atoms with Gasteiger partial charge in [0, 0.05) is 6.42 Å². The number of carboxylic acids is 1. The van der Waals surface area contributed by atoms with E-state index in [-0.39, 0.29) is 18.2 Å². The number of amides is 1. The van der Waals surface area contributed by atoms with E-state index in [1.165, 1.54) is 0 Å². The summed E-state index contributed by atoms with van der Waals surface area (Å²) in [5.74, 6) is -0.0587. The third-order valence-corrected chi connectivity index (χ3v) is 3.90. The SMILES string of the molecule is CC[C@H](C)[C@H](NC(=O)CCc1cc(OC)ccc1OC)C(=O)O. The number of carbonyl (C=O) groups is 2. The molecule has 0 bridgehead atoms. The van der Waals surface area contributed by atoms with Crippen molar-refractivity contribution in [3.05, 3.63) is 23.8 Å². The van der Waals surface area contributed by atoms with Crippen molar-refractivity contribution in [2.24, 2.45) is 5.92 Å². The number of aliphatic carboxylic acids is 1. The quantitative estimate of drug-likeness (QED) is 0.728. The Labute approximate surface area is 136 Å². The maximum absolute atomic E-state index is 12.1. The summed E-state index contributed by atoms with van der Waals surface area (Å²) in [5, 5.41) is 11.8. The molecule has 23 heavy (non-hydrogen) atoms. The number of rotatable bonds is 9. The van der Waals surface area contributed by atoms with E-state index >= 15 is 0 Å². The summed E-state index contributed by atoms with van der Waals surface area (Å²) in [6, 6.07) is 4.52. The fourth-order valence-corrected chi connectivity index (χ4v) is 2.25. The lowest BCUT2D eigenvalue weighted by atomic mass is 9.99. The van der Waals surface area contributed by atoms with Crippen molar-refractivity contribution in [1.82, 2.24) is 5.32 Å². The number of methoxy groups -OCH3 is 2. The third-order valence-electron chi connectivity index (χ3n) is 3.90. The van der Waals surface area contributed by atoms with Crippen LogP contribution < -0.4 is 14.8 Å². The molecule has 0 saturated carbocycles. The average Bonchev–Trinajstić information content (AvgIpc) is 2.56. The summed E-state index contributed by atoms with van der Waals surface area (Å²) in [7, 11) is 3.14. The van der Waals surface area contributed by atoms with E-state index in [4.69, 9.17) is 9.47 Å². The molecule has 0 aliphatic rings. The van der Waals surface area contributed by atoms with Crippen LogP contribution in [0.1, 0.15) is 32.3 Å². The van der Waals surface area contributed by atoms with Crippen molar-refractivity contribution >= 4 is 11.9 Å². The second-order valence-electron chi connectivity index (χ2n) is 5.45. The first-order valence-electron chi connectivity index (χ1n) is 7.66. The third kappa shape index (κ3) is 5.47. The Hall–Kier alpha value is -2.24. The Balaban J connectivity index is 2.70. The molecule has 6 nitrogen and oxygen atoms in total. The smallest absolute Gasteiger partial charge is 0.326 e. The van der Waals surface area contributed by atoms with Crippen LogP contribution in [-0.2, 0) is 16.0 Å². The summed E-state index contributed by atoms with van der Waals surface area (Å²) < 4.78 is 10.4. The fourth-order valence-electron chi connectivity index (χ4n) is 2.25. The van der Waals surface area contributed by atoms with E-state index in [0.717, 1.165) is 5.56 Å². The predicted molar refractivity (Wildman–Crippen MR) is 86.9 cm³/mol. The first-order valence-corrected chi connectivity index (χ1v) is 7.66. The molecule has 2 N–H and O–H groups in total. The Morgan fingerprint density at radius 3 is 2.48 bits per heavy atom. The van der Waals surface area contributed by atoms with Crippen LogP contribution in [0.3, 0.4) is 0 Å². The number of nitrogens with one attached hydrogen (secondary N) is 1. The maximum atomic E-state index is 12.1.